The van der Waals surface area contributed by atoms with Gasteiger partial charge in [-0.05, 0) is 28.1 Å². The van der Waals surface area contributed by atoms with Crippen molar-refractivity contribution in [3.8, 4) is 11.1 Å². The van der Waals surface area contributed by atoms with Crippen molar-refractivity contribution in [2.45, 2.75) is 0 Å². The molecule has 0 saturated heterocycles. The van der Waals surface area contributed by atoms with Crippen LogP contribution in [0.25, 0.3) is 11.1 Å². The molecule has 0 aliphatic heterocycles. The molecule has 0 fully saturated rings. The first-order valence-electron chi connectivity index (χ1n) is 4.44. The molecule has 1 aromatic heterocycles. The molecule has 2 aromatic rings. The number of halogens is 3. The van der Waals surface area contributed by atoms with E-state index in [1.54, 1.807) is 24.4 Å². The SMILES string of the molecule is Nc1ccncc1-c1ccc(Br)c(Cl)c1F. The highest BCUT2D eigenvalue weighted by molar-refractivity contribution is 9.10. The predicted molar refractivity (Wildman–Crippen MR) is 66.8 cm³/mol. The lowest BCUT2D eigenvalue weighted by atomic mass is 10.1. The minimum absolute atomic E-state index is 0.0424. The van der Waals surface area contributed by atoms with E-state index in [1.807, 2.05) is 0 Å². The quantitative estimate of drug-likeness (QED) is 0.812. The van der Waals surface area contributed by atoms with Crippen molar-refractivity contribution in [2.75, 3.05) is 5.73 Å². The Morgan fingerprint density at radius 1 is 1.25 bits per heavy atom. The zero-order chi connectivity index (χ0) is 11.7. The van der Waals surface area contributed by atoms with Crippen molar-refractivity contribution in [2.24, 2.45) is 0 Å². The third-order valence-corrected chi connectivity index (χ3v) is 3.44. The number of nitrogen functional groups attached to an aromatic ring is 1. The van der Waals surface area contributed by atoms with Gasteiger partial charge in [0.25, 0.3) is 0 Å². The molecule has 82 valence electrons. The molecule has 0 aliphatic rings. The molecule has 5 heteroatoms. The molecule has 0 radical (unpaired) electrons. The first-order valence-corrected chi connectivity index (χ1v) is 5.61. The zero-order valence-electron chi connectivity index (χ0n) is 8.05. The van der Waals surface area contributed by atoms with Gasteiger partial charge in [-0.15, -0.1) is 0 Å². The molecule has 1 aromatic carbocycles. The van der Waals surface area contributed by atoms with Crippen LogP contribution in [0.15, 0.2) is 35.1 Å². The normalized spacial score (nSPS) is 10.4. The van der Waals surface area contributed by atoms with E-state index in [0.29, 0.717) is 21.3 Å². The summed E-state index contributed by atoms with van der Waals surface area (Å²) < 4.78 is 14.4. The van der Waals surface area contributed by atoms with Crippen LogP contribution in [-0.4, -0.2) is 4.98 Å². The number of hydrogen-bond donors (Lipinski definition) is 1. The number of nitrogens with two attached hydrogens (primary N) is 1. The van der Waals surface area contributed by atoms with Crippen LogP contribution in [0.4, 0.5) is 10.1 Å². The second-order valence-electron chi connectivity index (χ2n) is 3.19. The molecule has 2 nitrogen and oxygen atoms in total. The van der Waals surface area contributed by atoms with Crippen molar-refractivity contribution < 1.29 is 4.39 Å². The highest BCUT2D eigenvalue weighted by Gasteiger charge is 2.13. The predicted octanol–water partition coefficient (Wildman–Crippen LogP) is 3.89. The lowest BCUT2D eigenvalue weighted by Crippen LogP contribution is -1.93. The van der Waals surface area contributed by atoms with Crippen LogP contribution < -0.4 is 5.73 Å². The van der Waals surface area contributed by atoms with E-state index < -0.39 is 5.82 Å². The average molecular weight is 302 g/mol. The summed E-state index contributed by atoms with van der Waals surface area (Å²) in [6.45, 7) is 0. The van der Waals surface area contributed by atoms with Gasteiger partial charge in [0.2, 0.25) is 0 Å². The molecule has 0 amide bonds. The van der Waals surface area contributed by atoms with Crippen molar-refractivity contribution in [3.05, 3.63) is 45.9 Å². The molecule has 0 atom stereocenters. The molecule has 2 rings (SSSR count). The number of pyridine rings is 1. The lowest BCUT2D eigenvalue weighted by molar-refractivity contribution is 0.631. The third kappa shape index (κ3) is 1.90. The summed E-state index contributed by atoms with van der Waals surface area (Å²) in [5.41, 5.74) is 7.10. The average Bonchev–Trinajstić information content (AvgIpc) is 2.28. The number of benzene rings is 1. The van der Waals surface area contributed by atoms with Gasteiger partial charge in [-0.3, -0.25) is 4.98 Å². The van der Waals surface area contributed by atoms with E-state index in [2.05, 4.69) is 20.9 Å². The Balaban J connectivity index is 2.66. The topological polar surface area (TPSA) is 38.9 Å². The maximum absolute atomic E-state index is 13.9. The maximum Gasteiger partial charge on any atom is 0.150 e. The molecule has 1 heterocycles. The highest BCUT2D eigenvalue weighted by atomic mass is 79.9. The molecule has 0 bridgehead atoms. The van der Waals surface area contributed by atoms with E-state index in [4.69, 9.17) is 17.3 Å². The van der Waals surface area contributed by atoms with E-state index in [9.17, 15) is 4.39 Å². The van der Waals surface area contributed by atoms with Crippen LogP contribution in [0.5, 0.6) is 0 Å². The fourth-order valence-electron chi connectivity index (χ4n) is 1.36. The largest absolute Gasteiger partial charge is 0.398 e. The summed E-state index contributed by atoms with van der Waals surface area (Å²) in [7, 11) is 0. The molecular formula is C11H7BrClFN2. The number of anilines is 1. The number of aromatic nitrogens is 1. The Morgan fingerprint density at radius 3 is 2.69 bits per heavy atom. The van der Waals surface area contributed by atoms with Crippen molar-refractivity contribution in [3.63, 3.8) is 0 Å². The minimum Gasteiger partial charge on any atom is -0.398 e. The number of hydrogen-bond acceptors (Lipinski definition) is 2. The van der Waals surface area contributed by atoms with Crippen LogP contribution in [0.2, 0.25) is 5.02 Å². The molecule has 0 saturated carbocycles. The van der Waals surface area contributed by atoms with E-state index in [1.165, 1.54) is 6.20 Å². The smallest absolute Gasteiger partial charge is 0.150 e. The van der Waals surface area contributed by atoms with Crippen LogP contribution in [-0.2, 0) is 0 Å². The maximum atomic E-state index is 13.9. The van der Waals surface area contributed by atoms with Crippen LogP contribution in [0.1, 0.15) is 0 Å². The number of nitrogens with zero attached hydrogens (tertiary/aromatic N) is 1. The van der Waals surface area contributed by atoms with Gasteiger partial charge < -0.3 is 5.73 Å². The summed E-state index contributed by atoms with van der Waals surface area (Å²) in [6, 6.07) is 4.90. The second kappa shape index (κ2) is 4.39. The monoisotopic (exact) mass is 300 g/mol. The van der Waals surface area contributed by atoms with Gasteiger partial charge in [0.05, 0.1) is 5.02 Å². The molecule has 2 N–H and O–H groups in total. The van der Waals surface area contributed by atoms with Gasteiger partial charge in [0.1, 0.15) is 0 Å². The molecule has 16 heavy (non-hydrogen) atoms. The Morgan fingerprint density at radius 2 is 2.00 bits per heavy atom. The van der Waals surface area contributed by atoms with E-state index in [0.717, 1.165) is 0 Å². The Bertz CT molecular complexity index is 546. The van der Waals surface area contributed by atoms with Gasteiger partial charge in [0.15, 0.2) is 5.82 Å². The van der Waals surface area contributed by atoms with Gasteiger partial charge in [-0.25, -0.2) is 4.39 Å². The van der Waals surface area contributed by atoms with E-state index in [-0.39, 0.29) is 5.02 Å². The fraction of sp³-hybridized carbons (Fsp3) is 0. The summed E-state index contributed by atoms with van der Waals surface area (Å²) in [5.74, 6) is -0.504. The first kappa shape index (κ1) is 11.4. The standard InChI is InChI=1S/C11H7BrClFN2/c12-8-2-1-6(11(14)10(8)13)7-5-16-4-3-9(7)15/h1-5H,(H2,15,16). The lowest BCUT2D eigenvalue weighted by Gasteiger charge is -2.08. The van der Waals surface area contributed by atoms with Gasteiger partial charge in [-0.2, -0.15) is 0 Å². The van der Waals surface area contributed by atoms with Crippen molar-refractivity contribution >= 4 is 33.2 Å². The van der Waals surface area contributed by atoms with Gasteiger partial charge >= 0.3 is 0 Å². The van der Waals surface area contributed by atoms with Gasteiger partial charge in [-0.1, -0.05) is 17.7 Å². The Hall–Kier alpha value is -1.13. The number of rotatable bonds is 1. The van der Waals surface area contributed by atoms with E-state index >= 15 is 0 Å². The summed E-state index contributed by atoms with van der Waals surface area (Å²) in [4.78, 5) is 3.91. The molecule has 0 aliphatic carbocycles. The van der Waals surface area contributed by atoms with Crippen molar-refractivity contribution in [1.29, 1.82) is 0 Å². The fourth-order valence-corrected chi connectivity index (χ4v) is 1.84. The highest BCUT2D eigenvalue weighted by Crippen LogP contribution is 2.34. The summed E-state index contributed by atoms with van der Waals surface area (Å²) >= 11 is 8.95. The molecule has 0 unspecified atom stereocenters. The van der Waals surface area contributed by atoms with Crippen LogP contribution in [0, 0.1) is 5.82 Å². The zero-order valence-corrected chi connectivity index (χ0v) is 10.4. The van der Waals surface area contributed by atoms with Crippen molar-refractivity contribution in [1.82, 2.24) is 4.98 Å². The molecule has 0 spiro atoms. The first-order chi connectivity index (χ1) is 7.61. The summed E-state index contributed by atoms with van der Waals surface area (Å²) in [6.07, 6.45) is 3.06. The Labute approximate surface area is 105 Å². The molecular weight excluding hydrogens is 294 g/mol. The van der Waals surface area contributed by atoms with Crippen LogP contribution in [0.3, 0.4) is 0 Å². The Kier molecular flexibility index (Phi) is 3.12. The second-order valence-corrected chi connectivity index (χ2v) is 4.42. The van der Waals surface area contributed by atoms with Crippen LogP contribution >= 0.6 is 27.5 Å². The van der Waals surface area contributed by atoms with Gasteiger partial charge in [0, 0.05) is 33.7 Å². The minimum atomic E-state index is -0.504. The summed E-state index contributed by atoms with van der Waals surface area (Å²) in [5, 5.41) is 0.0424. The third-order valence-electron chi connectivity index (χ3n) is 2.18.